The molecule has 3 rings (SSSR count). The molecule has 0 aromatic carbocycles. The van der Waals surface area contributed by atoms with Crippen LogP contribution in [0.1, 0.15) is 10.4 Å². The van der Waals surface area contributed by atoms with E-state index in [1.807, 2.05) is 5.38 Å². The average molecular weight is 286 g/mol. The van der Waals surface area contributed by atoms with E-state index in [4.69, 9.17) is 11.5 Å². The normalized spacial score (nSPS) is 10.6. The molecule has 0 fully saturated rings. The number of thiazole rings is 1. The van der Waals surface area contributed by atoms with E-state index in [-0.39, 0.29) is 5.96 Å². The van der Waals surface area contributed by atoms with Crippen molar-refractivity contribution >= 4 is 34.2 Å². The van der Waals surface area contributed by atoms with Crippen LogP contribution >= 0.6 is 11.3 Å². The Morgan fingerprint density at radius 1 is 1.30 bits per heavy atom. The van der Waals surface area contributed by atoms with Gasteiger partial charge in [0.15, 0.2) is 11.1 Å². The number of guanidine groups is 1. The number of hydrogen-bond donors (Lipinski definition) is 2. The summed E-state index contributed by atoms with van der Waals surface area (Å²) in [6.07, 6.45) is 4.98. The van der Waals surface area contributed by atoms with Crippen LogP contribution in [-0.4, -0.2) is 26.4 Å². The SMILES string of the molecule is NC(N)=NC(=O)c1cn(-c2nccs2)c2ncccc12. The molecule has 3 aromatic rings. The highest BCUT2D eigenvalue weighted by Crippen LogP contribution is 2.24. The number of aliphatic imine (C=N–C) groups is 1. The number of aromatic nitrogens is 3. The summed E-state index contributed by atoms with van der Waals surface area (Å²) in [5.41, 5.74) is 11.5. The second-order valence-electron chi connectivity index (χ2n) is 3.94. The number of carbonyl (C=O) groups is 1. The molecule has 8 heteroatoms. The van der Waals surface area contributed by atoms with E-state index >= 15 is 0 Å². The third-order valence-corrected chi connectivity index (χ3v) is 3.42. The minimum atomic E-state index is -0.502. The molecule has 0 aliphatic carbocycles. The van der Waals surface area contributed by atoms with Gasteiger partial charge in [0.05, 0.1) is 5.56 Å². The maximum absolute atomic E-state index is 12.0. The lowest BCUT2D eigenvalue weighted by molar-refractivity contribution is 0.100. The van der Waals surface area contributed by atoms with E-state index in [2.05, 4.69) is 15.0 Å². The maximum atomic E-state index is 12.0. The van der Waals surface area contributed by atoms with E-state index in [1.165, 1.54) is 11.3 Å². The lowest BCUT2D eigenvalue weighted by Crippen LogP contribution is -2.24. The molecule has 1 amide bonds. The molecule has 100 valence electrons. The van der Waals surface area contributed by atoms with Crippen LogP contribution in [0, 0.1) is 0 Å². The zero-order valence-electron chi connectivity index (χ0n) is 10.2. The summed E-state index contributed by atoms with van der Waals surface area (Å²) in [6.45, 7) is 0. The van der Waals surface area contributed by atoms with Gasteiger partial charge in [0.1, 0.15) is 5.65 Å². The summed E-state index contributed by atoms with van der Waals surface area (Å²) in [4.78, 5) is 24.1. The van der Waals surface area contributed by atoms with Crippen molar-refractivity contribution in [2.75, 3.05) is 0 Å². The lowest BCUT2D eigenvalue weighted by atomic mass is 10.2. The highest BCUT2D eigenvalue weighted by Gasteiger charge is 2.17. The molecule has 0 atom stereocenters. The number of carbonyl (C=O) groups excluding carboxylic acids is 1. The quantitative estimate of drug-likeness (QED) is 0.537. The Balaban J connectivity index is 2.24. The Kier molecular flexibility index (Phi) is 2.92. The minimum absolute atomic E-state index is 0.269. The van der Waals surface area contributed by atoms with Crippen LogP contribution < -0.4 is 11.5 Å². The summed E-state index contributed by atoms with van der Waals surface area (Å²) >= 11 is 1.45. The van der Waals surface area contributed by atoms with Crippen LogP contribution in [0.5, 0.6) is 0 Å². The summed E-state index contributed by atoms with van der Waals surface area (Å²) in [5, 5.41) is 3.25. The fraction of sp³-hybridized carbons (Fsp3) is 0. The highest BCUT2D eigenvalue weighted by atomic mass is 32.1. The third-order valence-electron chi connectivity index (χ3n) is 2.65. The van der Waals surface area contributed by atoms with Gasteiger partial charge in [-0.3, -0.25) is 9.36 Å². The number of nitrogens with two attached hydrogens (primary N) is 2. The van der Waals surface area contributed by atoms with Crippen molar-refractivity contribution in [2.45, 2.75) is 0 Å². The number of rotatable bonds is 2. The van der Waals surface area contributed by atoms with Crippen LogP contribution in [0.15, 0.2) is 41.1 Å². The molecule has 20 heavy (non-hydrogen) atoms. The highest BCUT2D eigenvalue weighted by molar-refractivity contribution is 7.12. The van der Waals surface area contributed by atoms with Gasteiger partial charge in [0.2, 0.25) is 0 Å². The molecule has 0 aliphatic heterocycles. The number of fused-ring (bicyclic) bond motifs is 1. The molecule has 0 saturated heterocycles. The molecule has 4 N–H and O–H groups in total. The van der Waals surface area contributed by atoms with Gasteiger partial charge in [0, 0.05) is 29.4 Å². The molecule has 7 nitrogen and oxygen atoms in total. The van der Waals surface area contributed by atoms with Gasteiger partial charge in [0.25, 0.3) is 5.91 Å². The lowest BCUT2D eigenvalue weighted by Gasteiger charge is -1.97. The van der Waals surface area contributed by atoms with Gasteiger partial charge < -0.3 is 11.5 Å². The van der Waals surface area contributed by atoms with Crippen LogP contribution in [0.4, 0.5) is 0 Å². The largest absolute Gasteiger partial charge is 0.370 e. The van der Waals surface area contributed by atoms with E-state index in [1.54, 1.807) is 35.3 Å². The Labute approximate surface area is 117 Å². The second kappa shape index (κ2) is 4.74. The average Bonchev–Trinajstić information content (AvgIpc) is 3.04. The van der Waals surface area contributed by atoms with Crippen molar-refractivity contribution < 1.29 is 4.79 Å². The fourth-order valence-electron chi connectivity index (χ4n) is 1.89. The van der Waals surface area contributed by atoms with Gasteiger partial charge in [-0.15, -0.1) is 11.3 Å². The molecule has 0 spiro atoms. The monoisotopic (exact) mass is 286 g/mol. The summed E-state index contributed by atoms with van der Waals surface area (Å²) in [5.74, 6) is -0.771. The molecule has 3 aromatic heterocycles. The topological polar surface area (TPSA) is 112 Å². The van der Waals surface area contributed by atoms with Gasteiger partial charge in [-0.05, 0) is 12.1 Å². The molecular formula is C12H10N6OS. The zero-order chi connectivity index (χ0) is 14.1. The standard InChI is InChI=1S/C12H10N6OS/c13-11(14)17-10(19)8-6-18(12-16-4-5-20-12)9-7(8)2-1-3-15-9/h1-6H,(H4,13,14,17,19). The predicted octanol–water partition coefficient (Wildman–Crippen LogP) is 0.896. The van der Waals surface area contributed by atoms with Crippen LogP contribution in [0.2, 0.25) is 0 Å². The summed E-state index contributed by atoms with van der Waals surface area (Å²) in [7, 11) is 0. The molecular weight excluding hydrogens is 276 g/mol. The first-order valence-electron chi connectivity index (χ1n) is 5.66. The van der Waals surface area contributed by atoms with Crippen LogP contribution in [-0.2, 0) is 0 Å². The van der Waals surface area contributed by atoms with Gasteiger partial charge in [-0.2, -0.15) is 4.99 Å². The van der Waals surface area contributed by atoms with Crippen molar-refractivity contribution in [3.63, 3.8) is 0 Å². The van der Waals surface area contributed by atoms with Crippen molar-refractivity contribution in [3.05, 3.63) is 41.7 Å². The number of pyridine rings is 1. The Bertz CT molecular complexity index is 801. The molecule has 3 heterocycles. The first-order chi connectivity index (χ1) is 9.66. The van der Waals surface area contributed by atoms with Crippen molar-refractivity contribution in [2.24, 2.45) is 16.5 Å². The Hall–Kier alpha value is -2.74. The number of hydrogen-bond acceptors (Lipinski definition) is 4. The molecule has 0 aliphatic rings. The van der Waals surface area contributed by atoms with Gasteiger partial charge >= 0.3 is 0 Å². The molecule has 0 saturated carbocycles. The van der Waals surface area contributed by atoms with Gasteiger partial charge in [-0.1, -0.05) is 0 Å². The Morgan fingerprint density at radius 2 is 2.15 bits per heavy atom. The smallest absolute Gasteiger partial charge is 0.282 e. The van der Waals surface area contributed by atoms with E-state index < -0.39 is 5.91 Å². The Morgan fingerprint density at radius 3 is 2.85 bits per heavy atom. The fourth-order valence-corrected chi connectivity index (χ4v) is 2.51. The van der Waals surface area contributed by atoms with E-state index in [9.17, 15) is 4.79 Å². The zero-order valence-corrected chi connectivity index (χ0v) is 11.0. The number of amides is 1. The second-order valence-corrected chi connectivity index (χ2v) is 4.82. The molecule has 0 bridgehead atoms. The van der Waals surface area contributed by atoms with Crippen molar-refractivity contribution in [3.8, 4) is 5.13 Å². The number of nitrogens with zero attached hydrogens (tertiary/aromatic N) is 4. The van der Waals surface area contributed by atoms with Crippen molar-refractivity contribution in [1.82, 2.24) is 14.5 Å². The van der Waals surface area contributed by atoms with Crippen LogP contribution in [0.25, 0.3) is 16.2 Å². The summed E-state index contributed by atoms with van der Waals surface area (Å²) < 4.78 is 1.75. The predicted molar refractivity (Wildman–Crippen MR) is 76.9 cm³/mol. The first-order valence-corrected chi connectivity index (χ1v) is 6.54. The van der Waals surface area contributed by atoms with E-state index in [0.29, 0.717) is 16.6 Å². The maximum Gasteiger partial charge on any atom is 0.282 e. The minimum Gasteiger partial charge on any atom is -0.370 e. The first kappa shape index (κ1) is 12.3. The van der Waals surface area contributed by atoms with Gasteiger partial charge in [-0.25, -0.2) is 9.97 Å². The van der Waals surface area contributed by atoms with Crippen molar-refractivity contribution in [1.29, 1.82) is 0 Å². The third kappa shape index (κ3) is 2.01. The molecule has 0 radical (unpaired) electrons. The molecule has 0 unspecified atom stereocenters. The van der Waals surface area contributed by atoms with E-state index in [0.717, 1.165) is 5.13 Å². The summed E-state index contributed by atoms with van der Waals surface area (Å²) in [6, 6.07) is 3.54. The van der Waals surface area contributed by atoms with Crippen LogP contribution in [0.3, 0.4) is 0 Å².